The molecule has 5 nitrogen and oxygen atoms in total. The third-order valence-corrected chi connectivity index (χ3v) is 16.3. The summed E-state index contributed by atoms with van der Waals surface area (Å²) in [5.41, 5.74) is 20.8. The monoisotopic (exact) mass is 952 g/mol. The Morgan fingerprint density at radius 3 is 1.90 bits per heavy atom. The van der Waals surface area contributed by atoms with E-state index in [1.54, 1.807) is 0 Å². The number of hydrogen-bond donors (Lipinski definition) is 0. The van der Waals surface area contributed by atoms with Crippen LogP contribution in [0.5, 0.6) is 0 Å². The van der Waals surface area contributed by atoms with Gasteiger partial charge in [-0.1, -0.05) is 156 Å². The van der Waals surface area contributed by atoms with Crippen molar-refractivity contribution in [3.8, 4) is 16.9 Å². The SMILES string of the molecule is Cc1ccc2c(c1)c1cc3c(cc1n2-c1cc(C(C)(C)C)ccn1)N(c1cc(C2=N[C@H](C(C(C)C)C(C)C)CN2c2c(C(C)C)cccc2C(C)C)cc(-c2c(C)cccc2C)c1)c1ccccc1C3(C)C. The first-order valence-corrected chi connectivity index (χ1v) is 26.8. The molecule has 2 aliphatic rings. The molecule has 8 aromatic rings. The van der Waals surface area contributed by atoms with Crippen LogP contribution in [0, 0.1) is 38.5 Å². The second-order valence-corrected chi connectivity index (χ2v) is 24.2. The van der Waals surface area contributed by atoms with E-state index < -0.39 is 0 Å². The maximum absolute atomic E-state index is 5.99. The number of para-hydroxylation sites is 2. The molecule has 0 radical (unpaired) electrons. The second kappa shape index (κ2) is 18.2. The molecular formula is C67H77N5. The number of anilines is 4. The fraction of sp³-hybridized carbons (Fsp3) is 0.373. The Kier molecular flexibility index (Phi) is 12.4. The van der Waals surface area contributed by atoms with Gasteiger partial charge in [-0.05, 0) is 167 Å². The molecule has 370 valence electrons. The predicted octanol–water partition coefficient (Wildman–Crippen LogP) is 18.0. The number of pyridine rings is 1. The van der Waals surface area contributed by atoms with Gasteiger partial charge in [0, 0.05) is 45.9 Å². The Hall–Kier alpha value is -6.46. The minimum atomic E-state index is -0.303. The molecule has 2 aliphatic heterocycles. The van der Waals surface area contributed by atoms with E-state index in [0.717, 1.165) is 40.5 Å². The van der Waals surface area contributed by atoms with Crippen LogP contribution in [0.1, 0.15) is 152 Å². The van der Waals surface area contributed by atoms with Crippen molar-refractivity contribution in [2.45, 2.75) is 139 Å². The van der Waals surface area contributed by atoms with Crippen molar-refractivity contribution in [2.75, 3.05) is 16.3 Å². The van der Waals surface area contributed by atoms with Gasteiger partial charge in [-0.15, -0.1) is 0 Å². The molecule has 0 N–H and O–H groups in total. The maximum Gasteiger partial charge on any atom is 0.137 e. The smallest absolute Gasteiger partial charge is 0.137 e. The molecule has 0 unspecified atom stereocenters. The number of rotatable bonds is 10. The van der Waals surface area contributed by atoms with Gasteiger partial charge in [-0.25, -0.2) is 4.98 Å². The summed E-state index contributed by atoms with van der Waals surface area (Å²) in [6.45, 7) is 38.2. The Morgan fingerprint density at radius 1 is 0.611 bits per heavy atom. The molecular weight excluding hydrogens is 875 g/mol. The quantitative estimate of drug-likeness (QED) is 0.137. The van der Waals surface area contributed by atoms with Crippen molar-refractivity contribution in [1.82, 2.24) is 9.55 Å². The lowest BCUT2D eigenvalue weighted by atomic mass is 9.73. The highest BCUT2D eigenvalue weighted by Crippen LogP contribution is 2.55. The molecule has 0 saturated heterocycles. The molecule has 6 aromatic carbocycles. The average Bonchev–Trinajstić information content (AvgIpc) is 3.89. The molecule has 1 atom stereocenters. The standard InChI is InChI=1S/C67H77N5/c1-39(2)50-23-20-24-51(40(3)4)64(50)70-38-56(62(41(5)6)42(7)8)69-65(70)47-32-46(63-44(10)21-19-22-45(63)11)33-49(34-47)71-58-26-18-17-25-54(58)67(15,16)55-36-53-52-31-43(9)27-28-57(52)72(59(53)37-60(55)71)61-35-48(29-30-68-61)66(12,13)14/h17-37,39-42,56,62H,38H2,1-16H3/t56-/m0/s1. The van der Waals surface area contributed by atoms with Crippen molar-refractivity contribution in [2.24, 2.45) is 22.7 Å². The molecule has 0 bridgehead atoms. The van der Waals surface area contributed by atoms with Crippen LogP contribution in [0.25, 0.3) is 38.8 Å². The van der Waals surface area contributed by atoms with Gasteiger partial charge in [0.05, 0.1) is 28.5 Å². The Labute approximate surface area is 431 Å². The molecule has 10 rings (SSSR count). The van der Waals surface area contributed by atoms with Gasteiger partial charge in [0.2, 0.25) is 0 Å². The van der Waals surface area contributed by atoms with E-state index in [9.17, 15) is 0 Å². The zero-order valence-corrected chi connectivity index (χ0v) is 46.0. The number of amidine groups is 1. The van der Waals surface area contributed by atoms with Gasteiger partial charge in [0.1, 0.15) is 11.7 Å². The summed E-state index contributed by atoms with van der Waals surface area (Å²) in [7, 11) is 0. The number of hydrogen-bond acceptors (Lipinski definition) is 4. The number of aromatic nitrogens is 2. The summed E-state index contributed by atoms with van der Waals surface area (Å²) < 4.78 is 2.41. The molecule has 0 aliphatic carbocycles. The fourth-order valence-electron chi connectivity index (χ4n) is 12.8. The number of nitrogens with zero attached hydrogens (tertiary/aromatic N) is 5. The number of benzene rings is 6. The van der Waals surface area contributed by atoms with Gasteiger partial charge in [-0.3, -0.25) is 9.56 Å². The van der Waals surface area contributed by atoms with E-state index in [1.807, 2.05) is 6.20 Å². The van der Waals surface area contributed by atoms with E-state index in [1.165, 1.54) is 83.5 Å². The summed E-state index contributed by atoms with van der Waals surface area (Å²) >= 11 is 0. The normalized spacial score (nSPS) is 15.8. The lowest BCUT2D eigenvalue weighted by Gasteiger charge is -2.42. The van der Waals surface area contributed by atoms with E-state index in [2.05, 4.69) is 246 Å². The first kappa shape index (κ1) is 49.1. The molecule has 5 heteroatoms. The van der Waals surface area contributed by atoms with Gasteiger partial charge in [0.25, 0.3) is 0 Å². The van der Waals surface area contributed by atoms with Gasteiger partial charge in [0.15, 0.2) is 0 Å². The maximum atomic E-state index is 5.99. The van der Waals surface area contributed by atoms with Crippen LogP contribution in [-0.4, -0.2) is 28.0 Å². The van der Waals surface area contributed by atoms with Crippen molar-refractivity contribution in [3.63, 3.8) is 0 Å². The summed E-state index contributed by atoms with van der Waals surface area (Å²) in [5.74, 6) is 4.06. The van der Waals surface area contributed by atoms with Crippen LogP contribution in [0.2, 0.25) is 0 Å². The van der Waals surface area contributed by atoms with Crippen LogP contribution in [0.3, 0.4) is 0 Å². The van der Waals surface area contributed by atoms with Gasteiger partial charge < -0.3 is 9.80 Å². The van der Waals surface area contributed by atoms with Gasteiger partial charge in [-0.2, -0.15) is 0 Å². The third-order valence-electron chi connectivity index (χ3n) is 16.3. The minimum absolute atomic E-state index is 0.0359. The van der Waals surface area contributed by atoms with E-state index in [-0.39, 0.29) is 16.9 Å². The van der Waals surface area contributed by atoms with Crippen LogP contribution in [0.4, 0.5) is 22.7 Å². The fourth-order valence-corrected chi connectivity index (χ4v) is 12.8. The summed E-state index contributed by atoms with van der Waals surface area (Å²) in [4.78, 5) is 16.3. The lowest BCUT2D eigenvalue weighted by Crippen LogP contribution is -2.36. The first-order chi connectivity index (χ1) is 34.1. The Morgan fingerprint density at radius 2 is 1.25 bits per heavy atom. The summed E-state index contributed by atoms with van der Waals surface area (Å²) in [6, 6.07) is 46.7. The average molecular weight is 952 g/mol. The predicted molar refractivity (Wildman–Crippen MR) is 309 cm³/mol. The zero-order valence-electron chi connectivity index (χ0n) is 46.0. The Bertz CT molecular complexity index is 3370. The topological polar surface area (TPSA) is 36.7 Å². The highest BCUT2D eigenvalue weighted by Gasteiger charge is 2.41. The Balaban J connectivity index is 1.30. The van der Waals surface area contributed by atoms with Crippen molar-refractivity contribution < 1.29 is 0 Å². The van der Waals surface area contributed by atoms with Crippen molar-refractivity contribution in [3.05, 3.63) is 178 Å². The van der Waals surface area contributed by atoms with Crippen LogP contribution in [0.15, 0.2) is 133 Å². The van der Waals surface area contributed by atoms with Crippen LogP contribution < -0.4 is 9.80 Å². The minimum Gasteiger partial charge on any atom is -0.323 e. The molecule has 0 saturated carbocycles. The van der Waals surface area contributed by atoms with Crippen molar-refractivity contribution >= 4 is 50.4 Å². The van der Waals surface area contributed by atoms with E-state index >= 15 is 0 Å². The summed E-state index contributed by atoms with van der Waals surface area (Å²) in [6.07, 6.45) is 1.99. The molecule has 2 aromatic heterocycles. The molecule has 4 heterocycles. The first-order valence-electron chi connectivity index (χ1n) is 26.8. The molecule has 0 spiro atoms. The number of aliphatic imine (C=N–C) groups is 1. The third kappa shape index (κ3) is 8.25. The van der Waals surface area contributed by atoms with Gasteiger partial charge >= 0.3 is 0 Å². The van der Waals surface area contributed by atoms with Crippen molar-refractivity contribution in [1.29, 1.82) is 0 Å². The second-order valence-electron chi connectivity index (χ2n) is 24.2. The largest absolute Gasteiger partial charge is 0.323 e. The molecule has 0 amide bonds. The highest BCUT2D eigenvalue weighted by molar-refractivity contribution is 6.14. The lowest BCUT2D eigenvalue weighted by molar-refractivity contribution is 0.247. The highest BCUT2D eigenvalue weighted by atomic mass is 15.3. The zero-order chi connectivity index (χ0) is 51.3. The number of fused-ring (bicyclic) bond motifs is 5. The molecule has 0 fully saturated rings. The van der Waals surface area contributed by atoms with E-state index in [4.69, 9.17) is 9.98 Å². The van der Waals surface area contributed by atoms with E-state index in [0.29, 0.717) is 29.6 Å². The number of aryl methyl sites for hydroxylation is 3. The summed E-state index contributed by atoms with van der Waals surface area (Å²) in [5, 5.41) is 2.48. The molecule has 72 heavy (non-hydrogen) atoms. The van der Waals surface area contributed by atoms with Crippen LogP contribution in [-0.2, 0) is 10.8 Å². The van der Waals surface area contributed by atoms with Crippen LogP contribution >= 0.6 is 0 Å².